The smallest absolute Gasteiger partial charge is 0.125 e. The molecule has 3 heteroatoms. The van der Waals surface area contributed by atoms with Crippen LogP contribution in [0.2, 0.25) is 0 Å². The minimum Gasteiger partial charge on any atom is -0.380 e. The minimum absolute atomic E-state index is 0.0220. The molecule has 1 saturated heterocycles. The molecule has 0 aromatic heterocycles. The lowest BCUT2D eigenvalue weighted by atomic mass is 10.4. The van der Waals surface area contributed by atoms with Gasteiger partial charge in [0.05, 0.1) is 12.7 Å². The molecule has 1 aliphatic heterocycles. The van der Waals surface area contributed by atoms with Gasteiger partial charge in [-0.3, -0.25) is 0 Å². The van der Waals surface area contributed by atoms with Gasteiger partial charge >= 0.3 is 0 Å². The monoisotopic (exact) mass is 134 g/mol. The second kappa shape index (κ2) is 2.71. The van der Waals surface area contributed by atoms with Gasteiger partial charge in [0.2, 0.25) is 0 Å². The molecule has 1 N–H and O–H groups in total. The molecule has 0 aliphatic carbocycles. The Balaban J connectivity index is 2.28. The second-order valence-electron chi connectivity index (χ2n) is 1.84. The number of aliphatic hydroxyl groups excluding tert-OH is 1. The second-order valence-corrected chi connectivity index (χ2v) is 3.06. The molecular weight excluding hydrogens is 124 g/mol. The topological polar surface area (TPSA) is 29.5 Å². The van der Waals surface area contributed by atoms with Crippen molar-refractivity contribution in [3.05, 3.63) is 0 Å². The summed E-state index contributed by atoms with van der Waals surface area (Å²) in [6.07, 6.45) is 0.0220. The van der Waals surface area contributed by atoms with Crippen molar-refractivity contribution in [1.29, 1.82) is 0 Å². The Morgan fingerprint density at radius 3 is 2.88 bits per heavy atom. The molecule has 1 aliphatic rings. The molecule has 48 valence electrons. The molecule has 0 radical (unpaired) electrons. The van der Waals surface area contributed by atoms with Crippen LogP contribution < -0.4 is 0 Å². The van der Waals surface area contributed by atoms with Gasteiger partial charge in [-0.1, -0.05) is 0 Å². The zero-order valence-corrected chi connectivity index (χ0v) is 5.65. The fourth-order valence-corrected chi connectivity index (χ4v) is 1.40. The molecule has 2 atom stereocenters. The summed E-state index contributed by atoms with van der Waals surface area (Å²) in [5.41, 5.74) is -0.302. The van der Waals surface area contributed by atoms with E-state index in [1.807, 2.05) is 6.92 Å². The van der Waals surface area contributed by atoms with Crippen LogP contribution in [0.25, 0.3) is 0 Å². The summed E-state index contributed by atoms with van der Waals surface area (Å²) in [4.78, 5) is 0. The highest BCUT2D eigenvalue weighted by Gasteiger charge is 2.18. The maximum atomic E-state index is 9.02. The van der Waals surface area contributed by atoms with Gasteiger partial charge in [-0.25, -0.2) is 0 Å². The number of ether oxygens (including phenoxy) is 1. The molecule has 0 amide bonds. The van der Waals surface area contributed by atoms with E-state index in [2.05, 4.69) is 0 Å². The highest BCUT2D eigenvalue weighted by atomic mass is 32.2. The number of rotatable bonds is 0. The van der Waals surface area contributed by atoms with Crippen molar-refractivity contribution in [3.63, 3.8) is 0 Å². The average molecular weight is 134 g/mol. The third kappa shape index (κ3) is 1.37. The van der Waals surface area contributed by atoms with E-state index in [0.29, 0.717) is 0 Å². The quantitative estimate of drug-likeness (QED) is 0.522. The normalized spacial score (nSPS) is 39.8. The largest absolute Gasteiger partial charge is 0.380 e. The fourth-order valence-electron chi connectivity index (χ4n) is 0.621. The lowest BCUT2D eigenvalue weighted by molar-refractivity contribution is 0.00989. The predicted molar refractivity (Wildman–Crippen MR) is 33.9 cm³/mol. The van der Waals surface area contributed by atoms with Gasteiger partial charge in [0.25, 0.3) is 0 Å². The SMILES string of the molecule is CC1OCCSC1O. The van der Waals surface area contributed by atoms with E-state index in [1.54, 1.807) is 11.8 Å². The minimum atomic E-state index is -0.302. The highest BCUT2D eigenvalue weighted by Crippen LogP contribution is 2.18. The third-order valence-electron chi connectivity index (χ3n) is 1.15. The predicted octanol–water partition coefficient (Wildman–Crippen LogP) is 0.457. The van der Waals surface area contributed by atoms with Gasteiger partial charge in [-0.15, -0.1) is 11.8 Å². The average Bonchev–Trinajstić information content (AvgIpc) is 1.77. The van der Waals surface area contributed by atoms with Crippen LogP contribution in [0.5, 0.6) is 0 Å². The Hall–Kier alpha value is 0.270. The van der Waals surface area contributed by atoms with Gasteiger partial charge in [-0.05, 0) is 6.92 Å². The lowest BCUT2D eigenvalue weighted by Crippen LogP contribution is -2.29. The molecule has 0 spiro atoms. The van der Waals surface area contributed by atoms with Gasteiger partial charge in [-0.2, -0.15) is 0 Å². The first-order valence-corrected chi connectivity index (χ1v) is 3.77. The van der Waals surface area contributed by atoms with Gasteiger partial charge < -0.3 is 9.84 Å². The maximum absolute atomic E-state index is 9.02. The molecule has 2 unspecified atom stereocenters. The van der Waals surface area contributed by atoms with Crippen LogP contribution in [-0.4, -0.2) is 29.0 Å². The van der Waals surface area contributed by atoms with Crippen molar-refractivity contribution in [2.45, 2.75) is 18.5 Å². The summed E-state index contributed by atoms with van der Waals surface area (Å²) < 4.78 is 5.12. The van der Waals surface area contributed by atoms with Crippen LogP contribution in [-0.2, 0) is 4.74 Å². The summed E-state index contributed by atoms with van der Waals surface area (Å²) in [5.74, 6) is 0.922. The Kier molecular flexibility index (Phi) is 2.16. The number of thioether (sulfide) groups is 1. The molecule has 1 heterocycles. The number of hydrogen-bond acceptors (Lipinski definition) is 3. The Morgan fingerprint density at radius 2 is 2.50 bits per heavy atom. The van der Waals surface area contributed by atoms with Crippen LogP contribution in [0.4, 0.5) is 0 Å². The Labute approximate surface area is 53.2 Å². The highest BCUT2D eigenvalue weighted by molar-refractivity contribution is 7.99. The van der Waals surface area contributed by atoms with E-state index >= 15 is 0 Å². The summed E-state index contributed by atoms with van der Waals surface area (Å²) in [5, 5.41) is 9.02. The van der Waals surface area contributed by atoms with Crippen LogP contribution in [0.15, 0.2) is 0 Å². The molecule has 0 aromatic rings. The summed E-state index contributed by atoms with van der Waals surface area (Å²) >= 11 is 1.56. The summed E-state index contributed by atoms with van der Waals surface area (Å²) in [6, 6.07) is 0. The van der Waals surface area contributed by atoms with E-state index in [4.69, 9.17) is 9.84 Å². The summed E-state index contributed by atoms with van der Waals surface area (Å²) in [6.45, 7) is 2.67. The van der Waals surface area contributed by atoms with Crippen LogP contribution in [0, 0.1) is 0 Å². The van der Waals surface area contributed by atoms with Crippen molar-refractivity contribution >= 4 is 11.8 Å². The van der Waals surface area contributed by atoms with Crippen molar-refractivity contribution in [2.24, 2.45) is 0 Å². The van der Waals surface area contributed by atoms with Gasteiger partial charge in [0.1, 0.15) is 5.44 Å². The van der Waals surface area contributed by atoms with Crippen LogP contribution in [0.3, 0.4) is 0 Å². The van der Waals surface area contributed by atoms with E-state index in [9.17, 15) is 0 Å². The zero-order chi connectivity index (χ0) is 5.98. The fraction of sp³-hybridized carbons (Fsp3) is 1.00. The van der Waals surface area contributed by atoms with Gasteiger partial charge in [0.15, 0.2) is 0 Å². The van der Waals surface area contributed by atoms with Crippen LogP contribution >= 0.6 is 11.8 Å². The van der Waals surface area contributed by atoms with Crippen molar-refractivity contribution in [1.82, 2.24) is 0 Å². The van der Waals surface area contributed by atoms with E-state index < -0.39 is 0 Å². The third-order valence-corrected chi connectivity index (χ3v) is 2.28. The number of aliphatic hydroxyl groups is 1. The van der Waals surface area contributed by atoms with Gasteiger partial charge in [0, 0.05) is 5.75 Å². The van der Waals surface area contributed by atoms with Crippen LogP contribution in [0.1, 0.15) is 6.92 Å². The Morgan fingerprint density at radius 1 is 1.75 bits per heavy atom. The molecular formula is C5H10O2S. The molecule has 0 saturated carbocycles. The van der Waals surface area contributed by atoms with Crippen molar-refractivity contribution in [2.75, 3.05) is 12.4 Å². The molecule has 1 fully saturated rings. The molecule has 2 nitrogen and oxygen atoms in total. The molecule has 0 aromatic carbocycles. The first-order valence-electron chi connectivity index (χ1n) is 2.72. The van der Waals surface area contributed by atoms with E-state index in [1.165, 1.54) is 0 Å². The standard InChI is InChI=1S/C5H10O2S/c1-4-5(6)8-3-2-7-4/h4-6H,2-3H2,1H3. The molecule has 0 bridgehead atoms. The molecule has 1 rings (SSSR count). The van der Waals surface area contributed by atoms with E-state index in [0.717, 1.165) is 12.4 Å². The Bertz CT molecular complexity index is 66.8. The maximum Gasteiger partial charge on any atom is 0.125 e. The lowest BCUT2D eigenvalue weighted by Gasteiger charge is -2.23. The first kappa shape index (κ1) is 6.39. The number of hydrogen-bond donors (Lipinski definition) is 1. The van der Waals surface area contributed by atoms with Crippen molar-refractivity contribution in [3.8, 4) is 0 Å². The van der Waals surface area contributed by atoms with Crippen molar-refractivity contribution < 1.29 is 9.84 Å². The first-order chi connectivity index (χ1) is 3.80. The van der Waals surface area contributed by atoms with E-state index in [-0.39, 0.29) is 11.5 Å². The molecule has 8 heavy (non-hydrogen) atoms. The zero-order valence-electron chi connectivity index (χ0n) is 4.83. The summed E-state index contributed by atoms with van der Waals surface area (Å²) in [7, 11) is 0.